The van der Waals surface area contributed by atoms with Crippen LogP contribution in [-0.4, -0.2) is 74.9 Å². The van der Waals surface area contributed by atoms with Gasteiger partial charge in [-0.2, -0.15) is 0 Å². The van der Waals surface area contributed by atoms with Crippen molar-refractivity contribution in [3.8, 4) is 0 Å². The predicted octanol–water partition coefficient (Wildman–Crippen LogP) is 18.8. The summed E-state index contributed by atoms with van der Waals surface area (Å²) in [5.74, 6) is -0.796. The van der Waals surface area contributed by atoms with E-state index in [0.717, 1.165) is 89.9 Å². The Balaban J connectivity index is 3.99. The number of esters is 2. The van der Waals surface area contributed by atoms with Gasteiger partial charge in [-0.1, -0.05) is 252 Å². The van der Waals surface area contributed by atoms with Crippen LogP contribution in [0.4, 0.5) is 0 Å². The number of rotatable bonds is 54. The molecule has 0 aromatic carbocycles. The lowest BCUT2D eigenvalue weighted by molar-refractivity contribution is -0.870. The SMILES string of the molecule is CC/C=C\C/C=C\C/C=C\C/C=C\C/C=C\C/C=C\C/C=C\C/C=C\CCCCCCCCCCCCCCCCC(=O)OC(COC(=O)CCCCCCCCCCCCC)COP(=O)(O)OCC[N+](C)(C)C. The summed E-state index contributed by atoms with van der Waals surface area (Å²) in [7, 11) is 1.48. The Hall–Kier alpha value is -3.07. The van der Waals surface area contributed by atoms with Crippen molar-refractivity contribution in [3.05, 3.63) is 97.2 Å². The Bertz CT molecular complexity index is 1570. The minimum Gasteiger partial charge on any atom is -0.462 e. The lowest BCUT2D eigenvalue weighted by Crippen LogP contribution is -2.37. The third-order valence-corrected chi connectivity index (χ3v) is 13.6. The Morgan fingerprint density at radius 2 is 0.770 bits per heavy atom. The molecule has 0 fully saturated rings. The van der Waals surface area contributed by atoms with Gasteiger partial charge in [-0.15, -0.1) is 0 Å². The summed E-state index contributed by atoms with van der Waals surface area (Å²) in [4.78, 5) is 35.5. The summed E-state index contributed by atoms with van der Waals surface area (Å²) >= 11 is 0. The van der Waals surface area contributed by atoms with E-state index in [4.69, 9.17) is 18.5 Å². The van der Waals surface area contributed by atoms with Crippen molar-refractivity contribution in [1.29, 1.82) is 0 Å². The van der Waals surface area contributed by atoms with E-state index in [1.54, 1.807) is 0 Å². The molecule has 74 heavy (non-hydrogen) atoms. The fourth-order valence-corrected chi connectivity index (χ4v) is 8.77. The van der Waals surface area contributed by atoms with E-state index in [0.29, 0.717) is 17.4 Å². The smallest absolute Gasteiger partial charge is 0.462 e. The van der Waals surface area contributed by atoms with Crippen molar-refractivity contribution < 1.29 is 42.1 Å². The first kappa shape index (κ1) is 70.9. The van der Waals surface area contributed by atoms with Crippen LogP contribution in [0.2, 0.25) is 0 Å². The average Bonchev–Trinajstić information content (AvgIpc) is 3.36. The lowest BCUT2D eigenvalue weighted by Gasteiger charge is -2.24. The number of likely N-dealkylation sites (N-methyl/N-ethyl adjacent to an activating group) is 1. The first-order chi connectivity index (χ1) is 36.0. The average molecular weight is 1060 g/mol. The van der Waals surface area contributed by atoms with E-state index < -0.39 is 26.5 Å². The molecular weight excluding hydrogens is 942 g/mol. The third-order valence-electron chi connectivity index (χ3n) is 12.6. The number of unbranched alkanes of at least 4 members (excludes halogenated alkanes) is 24. The molecule has 9 nitrogen and oxygen atoms in total. The van der Waals surface area contributed by atoms with Gasteiger partial charge < -0.3 is 18.9 Å². The summed E-state index contributed by atoms with van der Waals surface area (Å²) in [5, 5.41) is 0. The summed E-state index contributed by atoms with van der Waals surface area (Å²) in [6.45, 7) is 4.31. The van der Waals surface area contributed by atoms with Gasteiger partial charge in [0, 0.05) is 12.8 Å². The van der Waals surface area contributed by atoms with Gasteiger partial charge in [0.15, 0.2) is 6.10 Å². The van der Waals surface area contributed by atoms with Crippen molar-refractivity contribution in [2.24, 2.45) is 0 Å². The molecule has 0 aliphatic heterocycles. The molecule has 0 bridgehead atoms. The third kappa shape index (κ3) is 58.2. The Morgan fingerprint density at radius 1 is 0.432 bits per heavy atom. The summed E-state index contributed by atoms with van der Waals surface area (Å²) in [5.41, 5.74) is 0. The molecule has 0 amide bonds. The van der Waals surface area contributed by atoms with Crippen LogP contribution in [0.25, 0.3) is 0 Å². The molecule has 0 saturated heterocycles. The monoisotopic (exact) mass is 1050 g/mol. The highest BCUT2D eigenvalue weighted by atomic mass is 31.2. The normalized spacial score (nSPS) is 14.0. The second-order valence-electron chi connectivity index (χ2n) is 21.0. The zero-order chi connectivity index (χ0) is 54.2. The predicted molar refractivity (Wildman–Crippen MR) is 316 cm³/mol. The number of carbonyl (C=O) groups is 2. The zero-order valence-electron chi connectivity index (χ0n) is 48.3. The largest absolute Gasteiger partial charge is 0.472 e. The van der Waals surface area contributed by atoms with Crippen molar-refractivity contribution in [2.75, 3.05) is 47.5 Å². The first-order valence-electron chi connectivity index (χ1n) is 30.0. The van der Waals surface area contributed by atoms with Gasteiger partial charge in [0.2, 0.25) is 0 Å². The second-order valence-corrected chi connectivity index (χ2v) is 22.5. The maximum absolute atomic E-state index is 12.8. The van der Waals surface area contributed by atoms with Crippen LogP contribution < -0.4 is 0 Å². The summed E-state index contributed by atoms with van der Waals surface area (Å²) in [6, 6.07) is 0. The van der Waals surface area contributed by atoms with Crippen LogP contribution in [0.3, 0.4) is 0 Å². The van der Waals surface area contributed by atoms with Gasteiger partial charge in [0.05, 0.1) is 27.7 Å². The fraction of sp³-hybridized carbons (Fsp3) is 0.719. The first-order valence-corrected chi connectivity index (χ1v) is 31.5. The van der Waals surface area contributed by atoms with E-state index >= 15 is 0 Å². The number of quaternary nitrogens is 1. The molecule has 1 N–H and O–H groups in total. The van der Waals surface area contributed by atoms with Crippen LogP contribution in [0.15, 0.2) is 97.2 Å². The molecule has 0 aliphatic carbocycles. The molecule has 2 atom stereocenters. The molecular formula is C64H113NO8P+. The van der Waals surface area contributed by atoms with Crippen molar-refractivity contribution >= 4 is 19.8 Å². The highest BCUT2D eigenvalue weighted by Crippen LogP contribution is 2.43. The summed E-state index contributed by atoms with van der Waals surface area (Å²) in [6.07, 6.45) is 75.0. The van der Waals surface area contributed by atoms with E-state index in [1.807, 2.05) is 21.1 Å². The van der Waals surface area contributed by atoms with Crippen LogP contribution in [0, 0.1) is 0 Å². The van der Waals surface area contributed by atoms with Crippen LogP contribution >= 0.6 is 7.82 Å². The minimum atomic E-state index is -4.38. The van der Waals surface area contributed by atoms with Crippen LogP contribution in [0.5, 0.6) is 0 Å². The Kier molecular flexibility index (Phi) is 52.4. The molecule has 0 aliphatic rings. The molecule has 10 heteroatoms. The standard InChI is InChI=1S/C64H112NO8P/c1-6-8-10-12-14-16-18-19-20-21-22-23-24-25-26-27-28-29-30-31-32-33-34-35-36-37-38-39-40-41-42-43-44-45-47-49-51-53-55-57-64(67)73-62(61-72-74(68,69)71-59-58-65(3,4)5)60-70-63(66)56-54-52-50-48-46-17-15-13-11-9-7-2/h8,10,14,16,19-20,22-23,25-26,28-29,31-32,34-35,62H,6-7,9,11-13,15,17-18,21,24,27,30,33,36-61H2,1-5H3/p+1/b10-8-,16-14-,20-19-,23-22-,26-25-,29-28-,32-31-,35-34-. The van der Waals surface area contributed by atoms with E-state index in [-0.39, 0.29) is 32.0 Å². The number of hydrogen-bond donors (Lipinski definition) is 1. The van der Waals surface area contributed by atoms with Crippen LogP contribution in [0.1, 0.15) is 245 Å². The number of allylic oxidation sites excluding steroid dienone is 16. The number of hydrogen-bond acceptors (Lipinski definition) is 7. The molecule has 0 saturated carbocycles. The topological polar surface area (TPSA) is 108 Å². The number of carbonyl (C=O) groups excluding carboxylic acids is 2. The quantitative estimate of drug-likeness (QED) is 0.0211. The number of phosphoric acid groups is 1. The number of nitrogens with zero attached hydrogens (tertiary/aromatic N) is 1. The van der Waals surface area contributed by atoms with E-state index in [1.165, 1.54) is 122 Å². The molecule has 2 unspecified atom stereocenters. The molecule has 0 aromatic heterocycles. The molecule has 426 valence electrons. The van der Waals surface area contributed by atoms with Gasteiger partial charge in [0.1, 0.15) is 19.8 Å². The van der Waals surface area contributed by atoms with Gasteiger partial charge in [0.25, 0.3) is 0 Å². The fourth-order valence-electron chi connectivity index (χ4n) is 8.03. The maximum Gasteiger partial charge on any atom is 0.472 e. The Labute approximate surface area is 455 Å². The number of ether oxygens (including phenoxy) is 2. The highest BCUT2D eigenvalue weighted by Gasteiger charge is 2.27. The lowest BCUT2D eigenvalue weighted by atomic mass is 10.0. The molecule has 0 spiro atoms. The minimum absolute atomic E-state index is 0.0302. The van der Waals surface area contributed by atoms with Gasteiger partial charge in [-0.05, 0) is 77.0 Å². The van der Waals surface area contributed by atoms with Gasteiger partial charge in [-0.25, -0.2) is 4.57 Å². The van der Waals surface area contributed by atoms with Gasteiger partial charge >= 0.3 is 19.8 Å². The van der Waals surface area contributed by atoms with E-state index in [2.05, 4.69) is 111 Å². The second kappa shape index (κ2) is 54.7. The molecule has 0 aromatic rings. The van der Waals surface area contributed by atoms with Crippen molar-refractivity contribution in [2.45, 2.75) is 251 Å². The van der Waals surface area contributed by atoms with Gasteiger partial charge in [-0.3, -0.25) is 18.6 Å². The Morgan fingerprint density at radius 3 is 1.15 bits per heavy atom. The van der Waals surface area contributed by atoms with Crippen LogP contribution in [-0.2, 0) is 32.7 Å². The number of phosphoric ester groups is 1. The van der Waals surface area contributed by atoms with Crippen molar-refractivity contribution in [3.63, 3.8) is 0 Å². The van der Waals surface area contributed by atoms with Crippen molar-refractivity contribution in [1.82, 2.24) is 0 Å². The van der Waals surface area contributed by atoms with E-state index in [9.17, 15) is 19.0 Å². The maximum atomic E-state index is 12.8. The molecule has 0 heterocycles. The molecule has 0 radical (unpaired) electrons. The highest BCUT2D eigenvalue weighted by molar-refractivity contribution is 7.47. The summed E-state index contributed by atoms with van der Waals surface area (Å²) < 4.78 is 34.5. The zero-order valence-corrected chi connectivity index (χ0v) is 49.2. The molecule has 0 rings (SSSR count).